The van der Waals surface area contributed by atoms with E-state index < -0.39 is 0 Å². The Kier molecular flexibility index (Phi) is 7.32. The van der Waals surface area contributed by atoms with Crippen LogP contribution in [-0.4, -0.2) is 76.6 Å². The Balaban J connectivity index is 1.52. The summed E-state index contributed by atoms with van der Waals surface area (Å²) >= 11 is 0. The van der Waals surface area contributed by atoms with Crippen LogP contribution in [0.25, 0.3) is 0 Å². The highest BCUT2D eigenvalue weighted by Gasteiger charge is 2.20. The molecule has 150 valence electrons. The Bertz CT molecular complexity index is 632. The van der Waals surface area contributed by atoms with Crippen LogP contribution >= 0.6 is 0 Å². The number of hydrogen-bond acceptors (Lipinski definition) is 5. The molecular weight excluding hydrogens is 344 g/mol. The molecule has 0 aliphatic carbocycles. The lowest BCUT2D eigenvalue weighted by Crippen LogP contribution is -2.48. The highest BCUT2D eigenvalue weighted by atomic mass is 16.5. The van der Waals surface area contributed by atoms with Crippen molar-refractivity contribution in [2.75, 3.05) is 53.6 Å². The van der Waals surface area contributed by atoms with E-state index in [0.717, 1.165) is 56.5 Å². The van der Waals surface area contributed by atoms with E-state index in [1.54, 1.807) is 7.05 Å². The maximum atomic E-state index is 6.17. The van der Waals surface area contributed by atoms with Gasteiger partial charge in [-0.3, -0.25) is 4.99 Å². The molecule has 1 aromatic rings. The molecule has 2 N–H and O–H groups in total. The Hall–Kier alpha value is -1.83. The molecule has 2 unspecified atom stereocenters. The maximum Gasteiger partial charge on any atom is 0.191 e. The number of rotatable bonds is 6. The van der Waals surface area contributed by atoms with Crippen LogP contribution in [0.15, 0.2) is 23.2 Å². The van der Waals surface area contributed by atoms with E-state index >= 15 is 0 Å². The van der Waals surface area contributed by atoms with Gasteiger partial charge in [0.2, 0.25) is 0 Å². The summed E-state index contributed by atoms with van der Waals surface area (Å²) in [6.07, 6.45) is 1.27. The molecule has 0 amide bonds. The number of nitrogens with one attached hydrogen (secondary N) is 2. The average molecular weight is 377 g/mol. The van der Waals surface area contributed by atoms with Crippen LogP contribution < -0.4 is 15.4 Å². The van der Waals surface area contributed by atoms with Crippen molar-refractivity contribution in [1.29, 1.82) is 0 Å². The lowest BCUT2D eigenvalue weighted by Gasteiger charge is -2.30. The van der Waals surface area contributed by atoms with Crippen LogP contribution in [0.4, 0.5) is 0 Å². The van der Waals surface area contributed by atoms with Crippen molar-refractivity contribution in [2.24, 2.45) is 4.99 Å². The Morgan fingerprint density at radius 2 is 2.22 bits per heavy atom. The minimum absolute atomic E-state index is 0.142. The zero-order valence-electron chi connectivity index (χ0n) is 16.7. The summed E-state index contributed by atoms with van der Waals surface area (Å²) in [4.78, 5) is 6.61. The van der Waals surface area contributed by atoms with Crippen molar-refractivity contribution in [1.82, 2.24) is 15.5 Å². The summed E-state index contributed by atoms with van der Waals surface area (Å²) in [7, 11) is 3.91. The third kappa shape index (κ3) is 6.09. The number of morpholine rings is 1. The molecule has 2 aliphatic rings. The average Bonchev–Trinajstić information content (AvgIpc) is 3.16. The standard InChI is InChI=1S/C20H32N4O3/c1-15-4-5-16(19(10-15)27-17-6-8-25-14-17)11-22-20(21-2)23-12-18-13-24(3)7-9-26-18/h4-5,10,17-18H,6-9,11-14H2,1-3H3,(H2,21,22,23). The first-order chi connectivity index (χ1) is 13.1. The molecule has 2 saturated heterocycles. The molecule has 7 nitrogen and oxygen atoms in total. The number of guanidine groups is 1. The maximum absolute atomic E-state index is 6.17. The first kappa shape index (κ1) is 19.9. The van der Waals surface area contributed by atoms with E-state index in [4.69, 9.17) is 14.2 Å². The van der Waals surface area contributed by atoms with E-state index in [-0.39, 0.29) is 12.2 Å². The molecule has 2 fully saturated rings. The highest BCUT2D eigenvalue weighted by molar-refractivity contribution is 5.79. The summed E-state index contributed by atoms with van der Waals surface area (Å²) in [6.45, 7) is 7.61. The second-order valence-corrected chi connectivity index (χ2v) is 7.28. The molecular formula is C20H32N4O3. The fraction of sp³-hybridized carbons (Fsp3) is 0.650. The summed E-state index contributed by atoms with van der Waals surface area (Å²) in [5, 5.41) is 6.74. The number of aryl methyl sites for hydroxylation is 1. The molecule has 7 heteroatoms. The van der Waals surface area contributed by atoms with Gasteiger partial charge >= 0.3 is 0 Å². The SMILES string of the molecule is CN=C(NCc1ccc(C)cc1OC1CCOC1)NCC1CN(C)CCO1. The summed E-state index contributed by atoms with van der Waals surface area (Å²) < 4.78 is 17.4. The van der Waals surface area contributed by atoms with Gasteiger partial charge in [-0.05, 0) is 25.6 Å². The molecule has 0 aromatic heterocycles. The zero-order chi connectivity index (χ0) is 19.1. The fourth-order valence-corrected chi connectivity index (χ4v) is 3.30. The van der Waals surface area contributed by atoms with Crippen LogP contribution in [0.5, 0.6) is 5.75 Å². The number of aliphatic imine (C=N–C) groups is 1. The smallest absolute Gasteiger partial charge is 0.191 e. The molecule has 0 saturated carbocycles. The highest BCUT2D eigenvalue weighted by Crippen LogP contribution is 2.23. The van der Waals surface area contributed by atoms with Crippen LogP contribution in [0.2, 0.25) is 0 Å². The first-order valence-corrected chi connectivity index (χ1v) is 9.72. The summed E-state index contributed by atoms with van der Waals surface area (Å²) in [5.74, 6) is 1.69. The van der Waals surface area contributed by atoms with Gasteiger partial charge in [0.25, 0.3) is 0 Å². The number of ether oxygens (including phenoxy) is 3. The molecule has 0 radical (unpaired) electrons. The van der Waals surface area contributed by atoms with Gasteiger partial charge in [-0.1, -0.05) is 12.1 Å². The van der Waals surface area contributed by atoms with Gasteiger partial charge in [-0.2, -0.15) is 0 Å². The summed E-state index contributed by atoms with van der Waals surface area (Å²) in [6, 6.07) is 6.31. The van der Waals surface area contributed by atoms with Crippen molar-refractivity contribution in [2.45, 2.75) is 32.1 Å². The Morgan fingerprint density at radius 3 is 2.96 bits per heavy atom. The Morgan fingerprint density at radius 1 is 1.33 bits per heavy atom. The van der Waals surface area contributed by atoms with Crippen molar-refractivity contribution < 1.29 is 14.2 Å². The van der Waals surface area contributed by atoms with E-state index in [0.29, 0.717) is 13.2 Å². The lowest BCUT2D eigenvalue weighted by atomic mass is 10.1. The van der Waals surface area contributed by atoms with Crippen molar-refractivity contribution in [3.63, 3.8) is 0 Å². The minimum Gasteiger partial charge on any atom is -0.488 e. The predicted octanol–water partition coefficient (Wildman–Crippen LogP) is 1.16. The molecule has 2 aliphatic heterocycles. The Labute approximate surface area is 162 Å². The first-order valence-electron chi connectivity index (χ1n) is 9.72. The van der Waals surface area contributed by atoms with Crippen molar-refractivity contribution in [3.8, 4) is 5.75 Å². The van der Waals surface area contributed by atoms with Crippen LogP contribution in [0.3, 0.4) is 0 Å². The topological polar surface area (TPSA) is 67.4 Å². The molecule has 0 bridgehead atoms. The lowest BCUT2D eigenvalue weighted by molar-refractivity contribution is -0.0161. The molecule has 3 rings (SSSR count). The molecule has 0 spiro atoms. The van der Waals surface area contributed by atoms with Crippen molar-refractivity contribution in [3.05, 3.63) is 29.3 Å². The van der Waals surface area contributed by atoms with Gasteiger partial charge in [0.1, 0.15) is 11.9 Å². The monoisotopic (exact) mass is 376 g/mol. The van der Waals surface area contributed by atoms with Gasteiger partial charge < -0.3 is 29.7 Å². The van der Waals surface area contributed by atoms with E-state index in [9.17, 15) is 0 Å². The van der Waals surface area contributed by atoms with Gasteiger partial charge in [0.15, 0.2) is 5.96 Å². The van der Waals surface area contributed by atoms with Gasteiger partial charge in [-0.25, -0.2) is 0 Å². The number of hydrogen-bond donors (Lipinski definition) is 2. The van der Waals surface area contributed by atoms with E-state index in [1.165, 1.54) is 5.56 Å². The normalized spacial score (nSPS) is 24.0. The van der Waals surface area contributed by atoms with E-state index in [1.807, 2.05) is 0 Å². The third-order valence-electron chi connectivity index (χ3n) is 4.91. The zero-order valence-corrected chi connectivity index (χ0v) is 16.7. The molecule has 2 heterocycles. The summed E-state index contributed by atoms with van der Waals surface area (Å²) in [5.41, 5.74) is 2.30. The largest absolute Gasteiger partial charge is 0.488 e. The molecule has 1 aromatic carbocycles. The number of nitrogens with zero attached hydrogens (tertiary/aromatic N) is 2. The molecule has 27 heavy (non-hydrogen) atoms. The molecule has 2 atom stereocenters. The van der Waals surface area contributed by atoms with Crippen LogP contribution in [0, 0.1) is 6.92 Å². The minimum atomic E-state index is 0.142. The van der Waals surface area contributed by atoms with Gasteiger partial charge in [-0.15, -0.1) is 0 Å². The quantitative estimate of drug-likeness (QED) is 0.574. The van der Waals surface area contributed by atoms with Gasteiger partial charge in [0, 0.05) is 45.2 Å². The van der Waals surface area contributed by atoms with Crippen molar-refractivity contribution >= 4 is 5.96 Å². The van der Waals surface area contributed by atoms with Crippen LogP contribution in [-0.2, 0) is 16.0 Å². The second kappa shape index (κ2) is 9.92. The van der Waals surface area contributed by atoms with E-state index in [2.05, 4.69) is 52.7 Å². The number of likely N-dealkylation sites (N-methyl/N-ethyl adjacent to an activating group) is 1. The fourth-order valence-electron chi connectivity index (χ4n) is 3.30. The second-order valence-electron chi connectivity index (χ2n) is 7.28. The van der Waals surface area contributed by atoms with Gasteiger partial charge in [0.05, 0.1) is 25.9 Å². The third-order valence-corrected chi connectivity index (χ3v) is 4.91. The predicted molar refractivity (Wildman–Crippen MR) is 106 cm³/mol. The number of benzene rings is 1. The van der Waals surface area contributed by atoms with Crippen LogP contribution in [0.1, 0.15) is 17.5 Å².